The van der Waals surface area contributed by atoms with E-state index < -0.39 is 0 Å². The molecule has 0 aromatic heterocycles. The Morgan fingerprint density at radius 1 is 0.481 bits per heavy atom. The van der Waals surface area contributed by atoms with Gasteiger partial charge in [-0.15, -0.1) is 0 Å². The van der Waals surface area contributed by atoms with Crippen molar-refractivity contribution in [2.75, 3.05) is 0 Å². The predicted molar refractivity (Wildman–Crippen MR) is 124 cm³/mol. The van der Waals surface area contributed by atoms with Crippen LogP contribution in [0.25, 0.3) is 0 Å². The second-order valence-electron chi connectivity index (χ2n) is 8.97. The average molecular weight is 383 g/mol. The number of unbranched alkanes of at least 4 members (excludes halogenated alkanes) is 4. The molecule has 0 saturated heterocycles. The highest BCUT2D eigenvalue weighted by molar-refractivity contribution is 4.72. The first-order valence-electron chi connectivity index (χ1n) is 12.8. The average Bonchev–Trinajstić information content (AvgIpc) is 2.69. The quantitative estimate of drug-likeness (QED) is 0.204. The van der Waals surface area contributed by atoms with Gasteiger partial charge in [0, 0.05) is 0 Å². The fraction of sp³-hybridized carbons (Fsp3) is 1.00. The van der Waals surface area contributed by atoms with Crippen molar-refractivity contribution >= 4 is 0 Å². The fourth-order valence-corrected chi connectivity index (χ4v) is 4.33. The van der Waals surface area contributed by atoms with Crippen molar-refractivity contribution in [3.05, 3.63) is 0 Å². The topological polar surface area (TPSA) is 9.23 Å². The predicted octanol–water partition coefficient (Wildman–Crippen LogP) is 9.33. The van der Waals surface area contributed by atoms with Gasteiger partial charge in [0.2, 0.25) is 0 Å². The molecule has 0 radical (unpaired) electrons. The molecule has 0 bridgehead atoms. The monoisotopic (exact) mass is 382 g/mol. The lowest BCUT2D eigenvalue weighted by Crippen LogP contribution is -2.27. The maximum absolute atomic E-state index is 6.88. The van der Waals surface area contributed by atoms with Crippen LogP contribution in [0.5, 0.6) is 0 Å². The summed E-state index contributed by atoms with van der Waals surface area (Å²) in [5.74, 6) is 1.72. The van der Waals surface area contributed by atoms with E-state index in [1.807, 2.05) is 0 Å². The Bertz CT molecular complexity index is 260. The van der Waals surface area contributed by atoms with E-state index in [0.717, 1.165) is 11.8 Å². The minimum Gasteiger partial charge on any atom is -0.375 e. The third-order valence-corrected chi connectivity index (χ3v) is 6.42. The first-order chi connectivity index (χ1) is 13.1. The van der Waals surface area contributed by atoms with Crippen LogP contribution in [0.1, 0.15) is 144 Å². The van der Waals surface area contributed by atoms with Gasteiger partial charge in [-0.2, -0.15) is 0 Å². The van der Waals surface area contributed by atoms with Gasteiger partial charge in [-0.05, 0) is 37.5 Å². The molecule has 1 nitrogen and oxygen atoms in total. The molecule has 0 aromatic carbocycles. The van der Waals surface area contributed by atoms with Crippen molar-refractivity contribution in [3.63, 3.8) is 0 Å². The molecule has 4 unspecified atom stereocenters. The van der Waals surface area contributed by atoms with Crippen LogP contribution in [0.3, 0.4) is 0 Å². The zero-order valence-electron chi connectivity index (χ0n) is 20.0. The normalized spacial score (nSPS) is 16.2. The van der Waals surface area contributed by atoms with Crippen molar-refractivity contribution in [1.82, 2.24) is 0 Å². The first kappa shape index (κ1) is 27.0. The molecular weight excluding hydrogens is 328 g/mol. The Kier molecular flexibility index (Phi) is 19.3. The SMILES string of the molecule is CCCCC(CC)CC(CCCC)OC(CCCC)CC(CC)CCCC. The summed E-state index contributed by atoms with van der Waals surface area (Å²) in [6.45, 7) is 14.0. The second-order valence-corrected chi connectivity index (χ2v) is 8.97. The van der Waals surface area contributed by atoms with Crippen LogP contribution in [0.4, 0.5) is 0 Å². The lowest BCUT2D eigenvalue weighted by Gasteiger charge is -2.30. The van der Waals surface area contributed by atoms with Gasteiger partial charge in [0.05, 0.1) is 12.2 Å². The Morgan fingerprint density at radius 2 is 0.815 bits per heavy atom. The van der Waals surface area contributed by atoms with Gasteiger partial charge in [0.15, 0.2) is 0 Å². The van der Waals surface area contributed by atoms with Crippen LogP contribution < -0.4 is 0 Å². The zero-order chi connectivity index (χ0) is 20.3. The van der Waals surface area contributed by atoms with Crippen molar-refractivity contribution in [1.29, 1.82) is 0 Å². The van der Waals surface area contributed by atoms with Gasteiger partial charge in [-0.1, -0.05) is 119 Å². The van der Waals surface area contributed by atoms with Gasteiger partial charge < -0.3 is 4.74 Å². The van der Waals surface area contributed by atoms with Gasteiger partial charge in [0.25, 0.3) is 0 Å². The molecular formula is C26H54O. The van der Waals surface area contributed by atoms with Crippen LogP contribution in [0.15, 0.2) is 0 Å². The minimum absolute atomic E-state index is 0.497. The summed E-state index contributed by atoms with van der Waals surface area (Å²) in [6, 6.07) is 0. The zero-order valence-corrected chi connectivity index (χ0v) is 20.0. The van der Waals surface area contributed by atoms with E-state index in [-0.39, 0.29) is 0 Å². The lowest BCUT2D eigenvalue weighted by atomic mass is 9.89. The molecule has 0 spiro atoms. The highest BCUT2D eigenvalue weighted by Gasteiger charge is 2.22. The summed E-state index contributed by atoms with van der Waals surface area (Å²) in [7, 11) is 0. The van der Waals surface area contributed by atoms with E-state index in [0.29, 0.717) is 12.2 Å². The van der Waals surface area contributed by atoms with Crippen LogP contribution >= 0.6 is 0 Å². The Labute approximate surface area is 173 Å². The van der Waals surface area contributed by atoms with Gasteiger partial charge >= 0.3 is 0 Å². The highest BCUT2D eigenvalue weighted by atomic mass is 16.5. The van der Waals surface area contributed by atoms with E-state index in [1.54, 1.807) is 0 Å². The minimum atomic E-state index is 0.497. The number of rotatable bonds is 20. The summed E-state index contributed by atoms with van der Waals surface area (Å²) in [5, 5.41) is 0. The van der Waals surface area contributed by atoms with Crippen LogP contribution in [-0.4, -0.2) is 12.2 Å². The molecule has 1 heteroatoms. The van der Waals surface area contributed by atoms with E-state index in [2.05, 4.69) is 41.5 Å². The summed E-state index contributed by atoms with van der Waals surface area (Å²) in [6.07, 6.45) is 22.2. The molecule has 164 valence electrons. The van der Waals surface area contributed by atoms with Crippen molar-refractivity contribution in [2.24, 2.45) is 11.8 Å². The molecule has 0 fully saturated rings. The lowest BCUT2D eigenvalue weighted by molar-refractivity contribution is -0.0454. The van der Waals surface area contributed by atoms with Gasteiger partial charge in [-0.25, -0.2) is 0 Å². The van der Waals surface area contributed by atoms with E-state index in [4.69, 9.17) is 4.74 Å². The molecule has 0 amide bonds. The Hall–Kier alpha value is -0.0400. The van der Waals surface area contributed by atoms with E-state index in [9.17, 15) is 0 Å². The largest absolute Gasteiger partial charge is 0.375 e. The fourth-order valence-electron chi connectivity index (χ4n) is 4.33. The molecule has 0 saturated carbocycles. The molecule has 0 rings (SSSR count). The van der Waals surface area contributed by atoms with Crippen LogP contribution in [-0.2, 0) is 4.74 Å². The van der Waals surface area contributed by atoms with E-state index in [1.165, 1.54) is 103 Å². The van der Waals surface area contributed by atoms with Gasteiger partial charge in [0.1, 0.15) is 0 Å². The van der Waals surface area contributed by atoms with Crippen LogP contribution in [0, 0.1) is 11.8 Å². The summed E-state index contributed by atoms with van der Waals surface area (Å²) in [4.78, 5) is 0. The van der Waals surface area contributed by atoms with Gasteiger partial charge in [-0.3, -0.25) is 0 Å². The molecule has 0 heterocycles. The third kappa shape index (κ3) is 14.6. The molecule has 0 aliphatic carbocycles. The van der Waals surface area contributed by atoms with Crippen molar-refractivity contribution in [2.45, 2.75) is 156 Å². The van der Waals surface area contributed by atoms with Crippen molar-refractivity contribution < 1.29 is 4.74 Å². The van der Waals surface area contributed by atoms with Crippen molar-refractivity contribution in [3.8, 4) is 0 Å². The molecule has 4 atom stereocenters. The molecule has 0 aliphatic rings. The summed E-state index contributed by atoms with van der Waals surface area (Å²) in [5.41, 5.74) is 0. The number of ether oxygens (including phenoxy) is 1. The standard InChI is InChI=1S/C26H54O/c1-7-13-17-23(11-5)21-25(19-15-9-3)27-26(20-16-10-4)22-24(12-6)18-14-8-2/h23-26H,7-22H2,1-6H3. The van der Waals surface area contributed by atoms with E-state index >= 15 is 0 Å². The first-order valence-corrected chi connectivity index (χ1v) is 12.8. The highest BCUT2D eigenvalue weighted by Crippen LogP contribution is 2.28. The number of hydrogen-bond donors (Lipinski definition) is 0. The smallest absolute Gasteiger partial charge is 0.0581 e. The maximum Gasteiger partial charge on any atom is 0.0581 e. The second kappa shape index (κ2) is 19.3. The third-order valence-electron chi connectivity index (χ3n) is 6.42. The molecule has 0 N–H and O–H groups in total. The molecule has 0 aromatic rings. The Balaban J connectivity index is 4.87. The number of hydrogen-bond acceptors (Lipinski definition) is 1. The summed E-state index contributed by atoms with van der Waals surface area (Å²) < 4.78 is 6.88. The van der Waals surface area contributed by atoms with Crippen LogP contribution in [0.2, 0.25) is 0 Å². The maximum atomic E-state index is 6.88. The summed E-state index contributed by atoms with van der Waals surface area (Å²) >= 11 is 0. The Morgan fingerprint density at radius 3 is 1.11 bits per heavy atom. The molecule has 27 heavy (non-hydrogen) atoms. The molecule has 0 aliphatic heterocycles.